The van der Waals surface area contributed by atoms with E-state index in [1.807, 2.05) is 50.3 Å². The molecule has 0 atom stereocenters. The predicted molar refractivity (Wildman–Crippen MR) is 95.3 cm³/mol. The summed E-state index contributed by atoms with van der Waals surface area (Å²) in [7, 11) is 0. The average molecular weight is 330 g/mol. The minimum absolute atomic E-state index is 0.196. The maximum Gasteiger partial charge on any atom is 0.334 e. The fraction of sp³-hybridized carbons (Fsp3) is 0.400. The molecule has 0 fully saturated rings. The van der Waals surface area contributed by atoms with Crippen LogP contribution < -0.4 is 0 Å². The fourth-order valence-corrected chi connectivity index (χ4v) is 2.27. The standard InChI is InChI=1S/C20H26O4/c1-3-5-7-11-15-23-19(21)17-13-9-10-14-18(17)20(22)24-16-12-8-6-4-2/h3-8,11-12H,9-10,13-16H2,1-2H3/b5-3+,6-4+,11-7-,12-8-. The lowest BCUT2D eigenvalue weighted by Gasteiger charge is -2.17. The Morgan fingerprint density at radius 2 is 1.21 bits per heavy atom. The molecular weight excluding hydrogens is 304 g/mol. The Morgan fingerprint density at radius 1 is 0.792 bits per heavy atom. The van der Waals surface area contributed by atoms with E-state index in [9.17, 15) is 9.59 Å². The summed E-state index contributed by atoms with van der Waals surface area (Å²) in [5, 5.41) is 0. The lowest BCUT2D eigenvalue weighted by molar-refractivity contribution is -0.141. The van der Waals surface area contributed by atoms with Gasteiger partial charge in [-0.25, -0.2) is 9.59 Å². The first-order valence-electron chi connectivity index (χ1n) is 8.32. The topological polar surface area (TPSA) is 52.6 Å². The molecule has 0 radical (unpaired) electrons. The molecule has 0 aromatic heterocycles. The summed E-state index contributed by atoms with van der Waals surface area (Å²) >= 11 is 0. The first-order valence-corrected chi connectivity index (χ1v) is 8.32. The number of ether oxygens (including phenoxy) is 2. The van der Waals surface area contributed by atoms with Gasteiger partial charge in [0.1, 0.15) is 13.2 Å². The Kier molecular flexibility index (Phi) is 9.93. The molecule has 0 saturated heterocycles. The second-order valence-corrected chi connectivity index (χ2v) is 5.27. The van der Waals surface area contributed by atoms with Gasteiger partial charge in [0.25, 0.3) is 0 Å². The molecule has 24 heavy (non-hydrogen) atoms. The van der Waals surface area contributed by atoms with Gasteiger partial charge in [-0.2, -0.15) is 0 Å². The molecule has 1 aliphatic carbocycles. The van der Waals surface area contributed by atoms with Crippen molar-refractivity contribution >= 4 is 11.9 Å². The number of hydrogen-bond acceptors (Lipinski definition) is 4. The van der Waals surface area contributed by atoms with Crippen LogP contribution in [0.25, 0.3) is 0 Å². The maximum absolute atomic E-state index is 12.2. The molecular formula is C20H26O4. The Hall–Kier alpha value is -2.36. The molecule has 0 saturated carbocycles. The van der Waals surface area contributed by atoms with Gasteiger partial charge in [0.15, 0.2) is 0 Å². The molecule has 0 aromatic rings. The van der Waals surface area contributed by atoms with Crippen LogP contribution in [-0.4, -0.2) is 25.2 Å². The molecule has 0 heterocycles. The van der Waals surface area contributed by atoms with Crippen LogP contribution in [0, 0.1) is 0 Å². The number of hydrogen-bond donors (Lipinski definition) is 0. The van der Waals surface area contributed by atoms with Gasteiger partial charge < -0.3 is 9.47 Å². The van der Waals surface area contributed by atoms with Gasteiger partial charge >= 0.3 is 11.9 Å². The minimum atomic E-state index is -0.420. The van der Waals surface area contributed by atoms with Crippen molar-refractivity contribution in [2.45, 2.75) is 39.5 Å². The van der Waals surface area contributed by atoms with E-state index in [1.165, 1.54) is 0 Å². The highest BCUT2D eigenvalue weighted by molar-refractivity contribution is 6.00. The number of carbonyl (C=O) groups is 2. The quantitative estimate of drug-likeness (QED) is 0.494. The Morgan fingerprint density at radius 3 is 1.58 bits per heavy atom. The smallest absolute Gasteiger partial charge is 0.334 e. The normalized spacial score (nSPS) is 15.9. The first kappa shape index (κ1) is 19.7. The molecule has 4 heteroatoms. The van der Waals surface area contributed by atoms with Crippen molar-refractivity contribution in [2.75, 3.05) is 13.2 Å². The number of allylic oxidation sites excluding steroid dienone is 6. The van der Waals surface area contributed by atoms with Crippen LogP contribution in [0.1, 0.15) is 39.5 Å². The van der Waals surface area contributed by atoms with E-state index >= 15 is 0 Å². The molecule has 0 bridgehead atoms. The van der Waals surface area contributed by atoms with Gasteiger partial charge in [-0.3, -0.25) is 0 Å². The molecule has 0 aromatic carbocycles. The van der Waals surface area contributed by atoms with Gasteiger partial charge in [0, 0.05) is 11.1 Å². The molecule has 0 amide bonds. The Bertz CT molecular complexity index is 512. The highest BCUT2D eigenvalue weighted by Gasteiger charge is 2.25. The van der Waals surface area contributed by atoms with Crippen molar-refractivity contribution in [3.63, 3.8) is 0 Å². The van der Waals surface area contributed by atoms with Gasteiger partial charge in [0.05, 0.1) is 0 Å². The van der Waals surface area contributed by atoms with E-state index < -0.39 is 11.9 Å². The average Bonchev–Trinajstić information content (AvgIpc) is 2.61. The zero-order valence-corrected chi connectivity index (χ0v) is 14.5. The van der Waals surface area contributed by atoms with E-state index in [1.54, 1.807) is 12.2 Å². The van der Waals surface area contributed by atoms with Crippen molar-refractivity contribution in [1.29, 1.82) is 0 Å². The highest BCUT2D eigenvalue weighted by Crippen LogP contribution is 2.26. The zero-order valence-electron chi connectivity index (χ0n) is 14.5. The molecule has 0 aliphatic heterocycles. The van der Waals surface area contributed by atoms with Crippen LogP contribution in [0.15, 0.2) is 59.8 Å². The highest BCUT2D eigenvalue weighted by atomic mass is 16.5. The summed E-state index contributed by atoms with van der Waals surface area (Å²) in [6, 6.07) is 0. The molecule has 0 unspecified atom stereocenters. The monoisotopic (exact) mass is 330 g/mol. The number of rotatable bonds is 8. The van der Waals surface area contributed by atoms with Crippen molar-refractivity contribution < 1.29 is 19.1 Å². The predicted octanol–water partition coefficient (Wildman–Crippen LogP) is 4.21. The lowest BCUT2D eigenvalue weighted by atomic mass is 9.92. The largest absolute Gasteiger partial charge is 0.458 e. The fourth-order valence-electron chi connectivity index (χ4n) is 2.27. The van der Waals surface area contributed by atoms with E-state index in [2.05, 4.69) is 0 Å². The summed E-state index contributed by atoms with van der Waals surface area (Å²) in [5.41, 5.74) is 0.922. The van der Waals surface area contributed by atoms with Crippen LogP contribution >= 0.6 is 0 Å². The third kappa shape index (κ3) is 7.27. The third-order valence-electron chi connectivity index (χ3n) is 3.46. The molecule has 1 aliphatic rings. The van der Waals surface area contributed by atoms with Crippen molar-refractivity contribution in [3.8, 4) is 0 Å². The minimum Gasteiger partial charge on any atom is -0.458 e. The van der Waals surface area contributed by atoms with Gasteiger partial charge in [0.2, 0.25) is 0 Å². The first-order chi connectivity index (χ1) is 11.7. The summed E-state index contributed by atoms with van der Waals surface area (Å²) in [4.78, 5) is 24.4. The Balaban J connectivity index is 2.64. The van der Waals surface area contributed by atoms with E-state index in [0.717, 1.165) is 12.8 Å². The van der Waals surface area contributed by atoms with Crippen LogP contribution in [0.3, 0.4) is 0 Å². The van der Waals surface area contributed by atoms with Crippen molar-refractivity contribution in [1.82, 2.24) is 0 Å². The number of esters is 2. The molecule has 1 rings (SSSR count). The van der Waals surface area contributed by atoms with Gasteiger partial charge in [-0.1, -0.05) is 36.5 Å². The number of carbonyl (C=O) groups excluding carboxylic acids is 2. The van der Waals surface area contributed by atoms with E-state index in [4.69, 9.17) is 9.47 Å². The van der Waals surface area contributed by atoms with Gasteiger partial charge in [-0.05, 0) is 51.7 Å². The second kappa shape index (κ2) is 12.1. The summed E-state index contributed by atoms with van der Waals surface area (Å²) in [5.74, 6) is -0.840. The van der Waals surface area contributed by atoms with Crippen LogP contribution in [-0.2, 0) is 19.1 Å². The van der Waals surface area contributed by atoms with Crippen molar-refractivity contribution in [2.24, 2.45) is 0 Å². The maximum atomic E-state index is 12.2. The van der Waals surface area contributed by atoms with Crippen LogP contribution in [0.4, 0.5) is 0 Å². The molecule has 4 nitrogen and oxygen atoms in total. The molecule has 0 N–H and O–H groups in total. The second-order valence-electron chi connectivity index (χ2n) is 5.27. The Labute approximate surface area is 144 Å². The van der Waals surface area contributed by atoms with Gasteiger partial charge in [-0.15, -0.1) is 0 Å². The molecule has 130 valence electrons. The zero-order chi connectivity index (χ0) is 17.6. The lowest BCUT2D eigenvalue weighted by Crippen LogP contribution is -2.19. The van der Waals surface area contributed by atoms with Crippen LogP contribution in [0.2, 0.25) is 0 Å². The van der Waals surface area contributed by atoms with Crippen LogP contribution in [0.5, 0.6) is 0 Å². The third-order valence-corrected chi connectivity index (χ3v) is 3.46. The van der Waals surface area contributed by atoms with Crippen molar-refractivity contribution in [3.05, 3.63) is 59.8 Å². The SMILES string of the molecule is C/C=C/C=C\COC(=O)C1=C(C(=O)OC/C=C\C=C\C)CCCC1. The molecule has 0 spiro atoms. The summed E-state index contributed by atoms with van der Waals surface area (Å²) < 4.78 is 10.4. The summed E-state index contributed by atoms with van der Waals surface area (Å²) in [6.07, 6.45) is 17.5. The van der Waals surface area contributed by atoms with E-state index in [0.29, 0.717) is 24.0 Å². The summed E-state index contributed by atoms with van der Waals surface area (Å²) in [6.45, 7) is 4.21. The van der Waals surface area contributed by atoms with E-state index in [-0.39, 0.29) is 13.2 Å².